The van der Waals surface area contributed by atoms with Gasteiger partial charge in [0.2, 0.25) is 0 Å². The molecule has 0 saturated heterocycles. The van der Waals surface area contributed by atoms with Gasteiger partial charge in [0.25, 0.3) is 0 Å². The van der Waals surface area contributed by atoms with Crippen molar-refractivity contribution >= 4 is 5.69 Å². The van der Waals surface area contributed by atoms with Crippen LogP contribution in [0.3, 0.4) is 0 Å². The molecule has 1 atom stereocenters. The van der Waals surface area contributed by atoms with E-state index in [-0.39, 0.29) is 0 Å². The fraction of sp³-hybridized carbons (Fsp3) is 0.769. The van der Waals surface area contributed by atoms with E-state index < -0.39 is 0 Å². The van der Waals surface area contributed by atoms with Crippen molar-refractivity contribution in [3.63, 3.8) is 0 Å². The molecule has 0 fully saturated rings. The van der Waals surface area contributed by atoms with Crippen LogP contribution in [0.15, 0.2) is 12.4 Å². The maximum absolute atomic E-state index is 4.34. The summed E-state index contributed by atoms with van der Waals surface area (Å²) in [6, 6.07) is 1.02. The molecule has 0 aliphatic carbocycles. The van der Waals surface area contributed by atoms with E-state index in [1.54, 1.807) is 0 Å². The number of rotatable bonds is 7. The van der Waals surface area contributed by atoms with Gasteiger partial charge in [0, 0.05) is 18.3 Å². The Hall–Kier alpha value is -0.990. The summed E-state index contributed by atoms with van der Waals surface area (Å²) >= 11 is 0. The number of unbranched alkanes of at least 4 members (excludes halogenated alkanes) is 1. The van der Waals surface area contributed by atoms with E-state index >= 15 is 0 Å². The lowest BCUT2D eigenvalue weighted by molar-refractivity contribution is 0.532. The second-order valence-electron chi connectivity index (χ2n) is 4.69. The summed E-state index contributed by atoms with van der Waals surface area (Å²) in [7, 11) is 0. The van der Waals surface area contributed by atoms with Gasteiger partial charge in [-0.05, 0) is 26.7 Å². The Kier molecular flexibility index (Phi) is 5.36. The van der Waals surface area contributed by atoms with Gasteiger partial charge in [0.15, 0.2) is 0 Å². The van der Waals surface area contributed by atoms with Crippen molar-refractivity contribution in [3.8, 4) is 0 Å². The van der Waals surface area contributed by atoms with Crippen LogP contribution in [0.5, 0.6) is 0 Å². The Morgan fingerprint density at radius 3 is 2.62 bits per heavy atom. The van der Waals surface area contributed by atoms with Crippen LogP contribution in [0.25, 0.3) is 0 Å². The summed E-state index contributed by atoms with van der Waals surface area (Å²) in [5.74, 6) is 0. The van der Waals surface area contributed by atoms with E-state index in [0.29, 0.717) is 12.1 Å². The highest BCUT2D eigenvalue weighted by Crippen LogP contribution is 2.14. The molecule has 1 unspecified atom stereocenters. The largest absolute Gasteiger partial charge is 0.380 e. The molecule has 1 rings (SSSR count). The molecular formula is C13H25N3. The molecule has 3 nitrogen and oxygen atoms in total. The van der Waals surface area contributed by atoms with Gasteiger partial charge in [-0.15, -0.1) is 0 Å². The number of anilines is 1. The van der Waals surface area contributed by atoms with Crippen LogP contribution in [0.4, 0.5) is 5.69 Å². The molecule has 1 heterocycles. The first-order valence-electron chi connectivity index (χ1n) is 6.48. The zero-order chi connectivity index (χ0) is 12.0. The van der Waals surface area contributed by atoms with Crippen molar-refractivity contribution in [2.24, 2.45) is 0 Å². The van der Waals surface area contributed by atoms with Gasteiger partial charge in [-0.1, -0.05) is 26.7 Å². The average molecular weight is 223 g/mol. The lowest BCUT2D eigenvalue weighted by Gasteiger charge is -2.16. The van der Waals surface area contributed by atoms with Gasteiger partial charge in [-0.25, -0.2) is 0 Å². The predicted molar refractivity (Wildman–Crippen MR) is 69.8 cm³/mol. The van der Waals surface area contributed by atoms with Crippen LogP contribution in [0.1, 0.15) is 59.4 Å². The van der Waals surface area contributed by atoms with Crippen molar-refractivity contribution < 1.29 is 0 Å². The van der Waals surface area contributed by atoms with Crippen molar-refractivity contribution in [2.45, 2.75) is 65.5 Å². The minimum atomic E-state index is 0.436. The molecule has 0 spiro atoms. The maximum atomic E-state index is 4.34. The number of hydrogen-bond acceptors (Lipinski definition) is 2. The van der Waals surface area contributed by atoms with Crippen molar-refractivity contribution in [2.75, 3.05) is 5.32 Å². The lowest BCUT2D eigenvalue weighted by atomic mass is 10.1. The highest BCUT2D eigenvalue weighted by atomic mass is 15.3. The van der Waals surface area contributed by atoms with Crippen molar-refractivity contribution in [1.82, 2.24) is 9.78 Å². The average Bonchev–Trinajstić information content (AvgIpc) is 2.72. The highest BCUT2D eigenvalue weighted by Gasteiger charge is 2.07. The molecule has 1 aromatic heterocycles. The summed E-state index contributed by atoms with van der Waals surface area (Å²) in [4.78, 5) is 0. The van der Waals surface area contributed by atoms with E-state index in [2.05, 4.69) is 44.3 Å². The number of aromatic nitrogens is 2. The Morgan fingerprint density at radius 2 is 2.12 bits per heavy atom. The van der Waals surface area contributed by atoms with E-state index in [1.165, 1.54) is 25.7 Å². The molecule has 0 aliphatic rings. The smallest absolute Gasteiger partial charge is 0.0728 e. The summed E-state index contributed by atoms with van der Waals surface area (Å²) in [5, 5.41) is 7.89. The third kappa shape index (κ3) is 3.87. The van der Waals surface area contributed by atoms with E-state index in [4.69, 9.17) is 0 Å². The Morgan fingerprint density at radius 1 is 1.38 bits per heavy atom. The minimum absolute atomic E-state index is 0.436. The lowest BCUT2D eigenvalue weighted by Crippen LogP contribution is -2.17. The molecule has 92 valence electrons. The fourth-order valence-corrected chi connectivity index (χ4v) is 1.76. The van der Waals surface area contributed by atoms with E-state index in [0.717, 1.165) is 5.69 Å². The third-order valence-electron chi connectivity index (χ3n) is 2.90. The minimum Gasteiger partial charge on any atom is -0.380 e. The number of nitrogens with zero attached hydrogens (tertiary/aromatic N) is 2. The van der Waals surface area contributed by atoms with Gasteiger partial charge >= 0.3 is 0 Å². The van der Waals surface area contributed by atoms with Crippen LogP contribution in [0.2, 0.25) is 0 Å². The summed E-state index contributed by atoms with van der Waals surface area (Å²) < 4.78 is 1.99. The number of hydrogen-bond donors (Lipinski definition) is 1. The second kappa shape index (κ2) is 6.56. The zero-order valence-electron chi connectivity index (χ0n) is 11.0. The van der Waals surface area contributed by atoms with Crippen LogP contribution < -0.4 is 5.32 Å². The zero-order valence-corrected chi connectivity index (χ0v) is 11.0. The molecule has 0 saturated carbocycles. The van der Waals surface area contributed by atoms with Crippen LogP contribution >= 0.6 is 0 Å². The van der Waals surface area contributed by atoms with E-state index in [9.17, 15) is 0 Å². The molecule has 1 aromatic rings. The Balaban J connectivity index is 2.49. The Labute approximate surface area is 99.2 Å². The van der Waals surface area contributed by atoms with Crippen LogP contribution in [-0.4, -0.2) is 15.8 Å². The monoisotopic (exact) mass is 223 g/mol. The van der Waals surface area contributed by atoms with Crippen LogP contribution in [0, 0.1) is 0 Å². The van der Waals surface area contributed by atoms with Crippen LogP contribution in [-0.2, 0) is 0 Å². The van der Waals surface area contributed by atoms with Crippen molar-refractivity contribution in [3.05, 3.63) is 12.4 Å². The van der Waals surface area contributed by atoms with Gasteiger partial charge in [0.1, 0.15) is 0 Å². The number of nitrogens with one attached hydrogen (secondary N) is 1. The highest BCUT2D eigenvalue weighted by molar-refractivity contribution is 5.39. The quantitative estimate of drug-likeness (QED) is 0.761. The normalized spacial score (nSPS) is 13.1. The first-order valence-corrected chi connectivity index (χ1v) is 6.48. The second-order valence-corrected chi connectivity index (χ2v) is 4.69. The summed E-state index contributed by atoms with van der Waals surface area (Å²) in [5.41, 5.74) is 1.15. The van der Waals surface area contributed by atoms with Gasteiger partial charge < -0.3 is 5.32 Å². The molecule has 0 radical (unpaired) electrons. The molecule has 0 amide bonds. The standard InChI is InChI=1S/C13H25N3/c1-5-7-8-12(6-2)15-13-9-14-16(10-13)11(3)4/h9-12,15H,5-8H2,1-4H3. The molecule has 0 bridgehead atoms. The third-order valence-corrected chi connectivity index (χ3v) is 2.90. The van der Waals surface area contributed by atoms with Gasteiger partial charge in [-0.2, -0.15) is 5.10 Å². The van der Waals surface area contributed by atoms with Gasteiger partial charge in [-0.3, -0.25) is 4.68 Å². The molecule has 3 heteroatoms. The first kappa shape index (κ1) is 13.1. The maximum Gasteiger partial charge on any atom is 0.0728 e. The molecule has 16 heavy (non-hydrogen) atoms. The van der Waals surface area contributed by atoms with E-state index in [1.807, 2.05) is 10.9 Å². The molecule has 0 aromatic carbocycles. The summed E-state index contributed by atoms with van der Waals surface area (Å²) in [6.45, 7) is 8.76. The SMILES string of the molecule is CCCCC(CC)Nc1cnn(C(C)C)c1. The van der Waals surface area contributed by atoms with Crippen molar-refractivity contribution in [1.29, 1.82) is 0 Å². The topological polar surface area (TPSA) is 29.9 Å². The molecular weight excluding hydrogens is 198 g/mol. The van der Waals surface area contributed by atoms with Gasteiger partial charge in [0.05, 0.1) is 11.9 Å². The molecule has 0 aliphatic heterocycles. The predicted octanol–water partition coefficient (Wildman–Crippen LogP) is 3.84. The first-order chi connectivity index (χ1) is 7.67. The molecule has 1 N–H and O–H groups in total. The summed E-state index contributed by atoms with van der Waals surface area (Å²) in [6.07, 6.45) is 9.01. The fourth-order valence-electron chi connectivity index (χ4n) is 1.76. The Bertz CT molecular complexity index is 291.